The number of carbonyl (C=O) groups excluding carboxylic acids is 1. The SMILES string of the molecule is C[C@@H](Sc1ncc(-c2ccc(F)cc2)o1)C(=O)NCc1cccs1. The molecule has 0 saturated heterocycles. The molecule has 2 heterocycles. The number of hydrogen-bond donors (Lipinski definition) is 1. The monoisotopic (exact) mass is 362 g/mol. The van der Waals surface area contributed by atoms with Crippen molar-refractivity contribution in [3.05, 3.63) is 58.7 Å². The van der Waals surface area contributed by atoms with E-state index in [0.717, 1.165) is 10.4 Å². The predicted molar refractivity (Wildman–Crippen MR) is 93.4 cm³/mol. The van der Waals surface area contributed by atoms with E-state index in [1.54, 1.807) is 36.6 Å². The van der Waals surface area contributed by atoms with Crippen LogP contribution in [0.5, 0.6) is 0 Å². The summed E-state index contributed by atoms with van der Waals surface area (Å²) < 4.78 is 18.6. The highest BCUT2D eigenvalue weighted by Crippen LogP contribution is 2.28. The molecule has 1 N–H and O–H groups in total. The molecule has 0 bridgehead atoms. The van der Waals surface area contributed by atoms with Crippen molar-refractivity contribution in [2.24, 2.45) is 0 Å². The summed E-state index contributed by atoms with van der Waals surface area (Å²) in [5, 5.41) is 4.95. The summed E-state index contributed by atoms with van der Waals surface area (Å²) in [6, 6.07) is 9.92. The average molecular weight is 362 g/mol. The number of halogens is 1. The fourth-order valence-electron chi connectivity index (χ4n) is 2.00. The highest BCUT2D eigenvalue weighted by atomic mass is 32.2. The van der Waals surface area contributed by atoms with Crippen molar-refractivity contribution in [2.75, 3.05) is 0 Å². The van der Waals surface area contributed by atoms with Crippen LogP contribution in [0.25, 0.3) is 11.3 Å². The van der Waals surface area contributed by atoms with Gasteiger partial charge in [0.25, 0.3) is 5.22 Å². The number of hydrogen-bond acceptors (Lipinski definition) is 5. The molecule has 0 fully saturated rings. The van der Waals surface area contributed by atoms with Gasteiger partial charge in [0.2, 0.25) is 5.91 Å². The minimum Gasteiger partial charge on any atom is -0.431 e. The molecule has 2 aromatic heterocycles. The summed E-state index contributed by atoms with van der Waals surface area (Å²) in [4.78, 5) is 17.4. The van der Waals surface area contributed by atoms with Crippen LogP contribution < -0.4 is 5.32 Å². The van der Waals surface area contributed by atoms with E-state index in [1.807, 2.05) is 17.5 Å². The maximum atomic E-state index is 12.9. The molecule has 4 nitrogen and oxygen atoms in total. The quantitative estimate of drug-likeness (QED) is 0.663. The lowest BCUT2D eigenvalue weighted by atomic mass is 10.2. The maximum Gasteiger partial charge on any atom is 0.256 e. The van der Waals surface area contributed by atoms with E-state index >= 15 is 0 Å². The molecule has 0 saturated carbocycles. The Labute approximate surface area is 147 Å². The molecule has 1 amide bonds. The van der Waals surface area contributed by atoms with Gasteiger partial charge in [-0.1, -0.05) is 17.8 Å². The van der Waals surface area contributed by atoms with Gasteiger partial charge in [-0.15, -0.1) is 11.3 Å². The lowest BCUT2D eigenvalue weighted by molar-refractivity contribution is -0.120. The Morgan fingerprint density at radius 3 is 2.88 bits per heavy atom. The second-order valence-corrected chi connectivity index (χ2v) is 7.38. The molecular weight excluding hydrogens is 347 g/mol. The molecule has 0 radical (unpaired) electrons. The number of benzene rings is 1. The third-order valence-corrected chi connectivity index (χ3v) is 5.11. The van der Waals surface area contributed by atoms with Crippen LogP contribution in [0, 0.1) is 5.82 Å². The fraction of sp³-hybridized carbons (Fsp3) is 0.176. The minimum absolute atomic E-state index is 0.0741. The standard InChI is InChI=1S/C17H15FN2O2S2/c1-11(16(21)19-9-14-3-2-8-23-14)24-17-20-10-15(22-17)12-4-6-13(18)7-5-12/h2-8,10-11H,9H2,1H3,(H,19,21)/t11-/m1/s1. The molecule has 3 aromatic rings. The molecule has 3 rings (SSSR count). The lowest BCUT2D eigenvalue weighted by Crippen LogP contribution is -2.30. The molecular formula is C17H15FN2O2S2. The van der Waals surface area contributed by atoms with Crippen LogP contribution in [0.3, 0.4) is 0 Å². The second-order valence-electron chi connectivity index (χ2n) is 5.05. The zero-order valence-electron chi connectivity index (χ0n) is 12.9. The number of aromatic nitrogens is 1. The largest absolute Gasteiger partial charge is 0.431 e. The van der Waals surface area contributed by atoms with Crippen molar-refractivity contribution < 1.29 is 13.6 Å². The van der Waals surface area contributed by atoms with Crippen molar-refractivity contribution >= 4 is 29.0 Å². The highest BCUT2D eigenvalue weighted by molar-refractivity contribution is 8.00. The summed E-state index contributed by atoms with van der Waals surface area (Å²) in [7, 11) is 0. The Morgan fingerprint density at radius 2 is 2.17 bits per heavy atom. The zero-order chi connectivity index (χ0) is 16.9. The molecule has 124 valence electrons. The molecule has 1 atom stereocenters. The topological polar surface area (TPSA) is 55.1 Å². The van der Waals surface area contributed by atoms with Gasteiger partial charge >= 0.3 is 0 Å². The van der Waals surface area contributed by atoms with Gasteiger partial charge in [-0.2, -0.15) is 0 Å². The van der Waals surface area contributed by atoms with Gasteiger partial charge in [0.15, 0.2) is 5.76 Å². The molecule has 0 aliphatic carbocycles. The first-order valence-corrected chi connectivity index (χ1v) is 9.06. The molecule has 1 aromatic carbocycles. The Hall–Kier alpha value is -2.12. The molecule has 0 unspecified atom stereocenters. The van der Waals surface area contributed by atoms with Crippen LogP contribution in [-0.4, -0.2) is 16.1 Å². The number of rotatable bonds is 6. The van der Waals surface area contributed by atoms with Gasteiger partial charge in [-0.05, 0) is 42.6 Å². The fourth-order valence-corrected chi connectivity index (χ4v) is 3.38. The molecule has 0 aliphatic rings. The molecule has 0 aliphatic heterocycles. The lowest BCUT2D eigenvalue weighted by Gasteiger charge is -2.09. The van der Waals surface area contributed by atoms with Gasteiger partial charge in [-0.25, -0.2) is 9.37 Å². The summed E-state index contributed by atoms with van der Waals surface area (Å²) in [5.74, 6) is 0.169. The van der Waals surface area contributed by atoms with Gasteiger partial charge < -0.3 is 9.73 Å². The Bertz CT molecular complexity index is 800. The average Bonchev–Trinajstić information content (AvgIpc) is 3.25. The number of amides is 1. The van der Waals surface area contributed by atoms with Gasteiger partial charge in [-0.3, -0.25) is 4.79 Å². The summed E-state index contributed by atoms with van der Waals surface area (Å²) >= 11 is 2.85. The van der Waals surface area contributed by atoms with Crippen molar-refractivity contribution in [3.8, 4) is 11.3 Å². The first-order chi connectivity index (χ1) is 11.6. The molecule has 7 heteroatoms. The Balaban J connectivity index is 1.57. The first-order valence-electron chi connectivity index (χ1n) is 7.30. The van der Waals surface area contributed by atoms with Gasteiger partial charge in [0.05, 0.1) is 18.0 Å². The van der Waals surface area contributed by atoms with Crippen LogP contribution in [-0.2, 0) is 11.3 Å². The summed E-state index contributed by atoms with van der Waals surface area (Å²) in [6.07, 6.45) is 1.58. The van der Waals surface area contributed by atoms with Crippen LogP contribution >= 0.6 is 23.1 Å². The second kappa shape index (κ2) is 7.63. The number of thioether (sulfide) groups is 1. The van der Waals surface area contributed by atoms with Gasteiger partial charge in [0, 0.05) is 10.4 Å². The van der Waals surface area contributed by atoms with Crippen LogP contribution in [0.15, 0.2) is 57.6 Å². The predicted octanol–water partition coefficient (Wildman–Crippen LogP) is 4.34. The van der Waals surface area contributed by atoms with Crippen LogP contribution in [0.2, 0.25) is 0 Å². The number of thiophene rings is 1. The summed E-state index contributed by atoms with van der Waals surface area (Å²) in [5.41, 5.74) is 0.741. The van der Waals surface area contributed by atoms with E-state index in [4.69, 9.17) is 4.42 Å². The number of nitrogens with one attached hydrogen (secondary N) is 1. The van der Waals surface area contributed by atoms with Crippen molar-refractivity contribution in [2.45, 2.75) is 23.9 Å². The third kappa shape index (κ3) is 4.24. The van der Waals surface area contributed by atoms with E-state index in [0.29, 0.717) is 17.5 Å². The van der Waals surface area contributed by atoms with E-state index in [2.05, 4.69) is 10.3 Å². The van der Waals surface area contributed by atoms with E-state index in [9.17, 15) is 9.18 Å². The molecule has 0 spiro atoms. The van der Waals surface area contributed by atoms with Crippen LogP contribution in [0.4, 0.5) is 4.39 Å². The van der Waals surface area contributed by atoms with Crippen molar-refractivity contribution in [1.82, 2.24) is 10.3 Å². The Kier molecular flexibility index (Phi) is 5.32. The smallest absolute Gasteiger partial charge is 0.256 e. The zero-order valence-corrected chi connectivity index (χ0v) is 14.5. The highest BCUT2D eigenvalue weighted by Gasteiger charge is 2.17. The van der Waals surface area contributed by atoms with E-state index in [-0.39, 0.29) is 17.0 Å². The minimum atomic E-state index is -0.329. The normalized spacial score (nSPS) is 12.1. The van der Waals surface area contributed by atoms with Crippen LogP contribution in [0.1, 0.15) is 11.8 Å². The summed E-state index contributed by atoms with van der Waals surface area (Å²) in [6.45, 7) is 2.32. The van der Waals surface area contributed by atoms with Crippen molar-refractivity contribution in [3.63, 3.8) is 0 Å². The van der Waals surface area contributed by atoms with E-state index in [1.165, 1.54) is 23.9 Å². The third-order valence-electron chi connectivity index (χ3n) is 3.28. The van der Waals surface area contributed by atoms with Gasteiger partial charge in [0.1, 0.15) is 5.82 Å². The number of carbonyl (C=O) groups is 1. The van der Waals surface area contributed by atoms with Crippen molar-refractivity contribution in [1.29, 1.82) is 0 Å². The van der Waals surface area contributed by atoms with E-state index < -0.39 is 0 Å². The molecule has 24 heavy (non-hydrogen) atoms. The Morgan fingerprint density at radius 1 is 1.38 bits per heavy atom. The number of nitrogens with zero attached hydrogens (tertiary/aromatic N) is 1. The number of oxazole rings is 1. The first kappa shape index (κ1) is 16.7. The maximum absolute atomic E-state index is 12.9.